The Morgan fingerprint density at radius 3 is 2.70 bits per heavy atom. The normalized spacial score (nSPS) is 10.9. The number of hydrogen-bond donors (Lipinski definition) is 2. The lowest BCUT2D eigenvalue weighted by atomic mass is 10.3. The summed E-state index contributed by atoms with van der Waals surface area (Å²) in [7, 11) is 0. The Morgan fingerprint density at radius 2 is 2.00 bits per heavy atom. The molecule has 6 heteroatoms. The lowest BCUT2D eigenvalue weighted by Crippen LogP contribution is -2.00. The van der Waals surface area contributed by atoms with Crippen LogP contribution < -0.4 is 11.1 Å². The van der Waals surface area contributed by atoms with Crippen LogP contribution in [0.3, 0.4) is 0 Å². The third-order valence-corrected chi connectivity index (χ3v) is 4.62. The van der Waals surface area contributed by atoms with Crippen LogP contribution in [0.2, 0.25) is 0 Å². The number of anilines is 3. The molecule has 0 aliphatic carbocycles. The molecule has 0 fully saturated rings. The van der Waals surface area contributed by atoms with Crippen molar-refractivity contribution in [3.63, 3.8) is 0 Å². The highest BCUT2D eigenvalue weighted by atomic mass is 79.9. The van der Waals surface area contributed by atoms with Crippen LogP contribution in [-0.2, 0) is 6.42 Å². The number of nitrogens with zero attached hydrogens (tertiary/aromatic N) is 2. The van der Waals surface area contributed by atoms with Gasteiger partial charge in [0.25, 0.3) is 0 Å². The molecule has 4 nitrogen and oxygen atoms in total. The van der Waals surface area contributed by atoms with Crippen molar-refractivity contribution in [2.75, 3.05) is 11.1 Å². The number of nitrogens with two attached hydrogens (primary N) is 1. The molecule has 3 aromatic rings. The van der Waals surface area contributed by atoms with Crippen molar-refractivity contribution < 1.29 is 0 Å². The van der Waals surface area contributed by atoms with E-state index in [9.17, 15) is 0 Å². The standard InChI is InChI=1S/C14H13BrN4S/c1-2-10-7-11-12(18-14(16)19-13(11)20-10)17-9-5-3-8(15)4-6-9/h3-7H,2H2,1H3,(H3,16,17,18,19). The van der Waals surface area contributed by atoms with E-state index in [4.69, 9.17) is 5.73 Å². The number of fused-ring (bicyclic) bond motifs is 1. The highest BCUT2D eigenvalue weighted by molar-refractivity contribution is 9.10. The van der Waals surface area contributed by atoms with Gasteiger partial charge in [0.05, 0.1) is 5.39 Å². The van der Waals surface area contributed by atoms with Crippen LogP contribution in [0.5, 0.6) is 0 Å². The molecule has 2 heterocycles. The van der Waals surface area contributed by atoms with Crippen molar-refractivity contribution >= 4 is 54.9 Å². The zero-order valence-corrected chi connectivity index (χ0v) is 13.3. The van der Waals surface area contributed by atoms with Crippen LogP contribution in [0.15, 0.2) is 34.8 Å². The van der Waals surface area contributed by atoms with Gasteiger partial charge in [-0.05, 0) is 36.8 Å². The van der Waals surface area contributed by atoms with Crippen LogP contribution in [0.4, 0.5) is 17.5 Å². The Hall–Kier alpha value is -1.66. The van der Waals surface area contributed by atoms with Crippen molar-refractivity contribution in [1.82, 2.24) is 9.97 Å². The number of thiophene rings is 1. The Morgan fingerprint density at radius 1 is 1.25 bits per heavy atom. The fourth-order valence-corrected chi connectivity index (χ4v) is 3.17. The van der Waals surface area contributed by atoms with Crippen molar-refractivity contribution in [2.45, 2.75) is 13.3 Å². The van der Waals surface area contributed by atoms with Gasteiger partial charge in [0.15, 0.2) is 0 Å². The van der Waals surface area contributed by atoms with E-state index in [2.05, 4.69) is 44.2 Å². The Labute approximate surface area is 129 Å². The number of halogens is 1. The minimum atomic E-state index is 0.293. The maximum atomic E-state index is 5.79. The highest BCUT2D eigenvalue weighted by Gasteiger charge is 2.10. The fourth-order valence-electron chi connectivity index (χ4n) is 1.93. The number of aromatic nitrogens is 2. The van der Waals surface area contributed by atoms with E-state index in [0.717, 1.165) is 32.6 Å². The van der Waals surface area contributed by atoms with Crippen LogP contribution in [0, 0.1) is 0 Å². The molecule has 0 aliphatic heterocycles. The summed E-state index contributed by atoms with van der Waals surface area (Å²) in [5, 5.41) is 4.32. The first-order chi connectivity index (χ1) is 9.65. The first kappa shape index (κ1) is 13.3. The number of nitrogen functional groups attached to an aromatic ring is 1. The van der Waals surface area contributed by atoms with Gasteiger partial charge in [-0.25, -0.2) is 4.98 Å². The highest BCUT2D eigenvalue weighted by Crippen LogP contribution is 2.31. The Bertz CT molecular complexity index is 752. The number of hydrogen-bond acceptors (Lipinski definition) is 5. The molecule has 20 heavy (non-hydrogen) atoms. The predicted molar refractivity (Wildman–Crippen MR) is 88.6 cm³/mol. The SMILES string of the molecule is CCc1cc2c(Nc3ccc(Br)cc3)nc(N)nc2s1. The predicted octanol–water partition coefficient (Wildman–Crippen LogP) is 4.34. The molecule has 0 atom stereocenters. The second-order valence-electron chi connectivity index (χ2n) is 4.35. The third kappa shape index (κ3) is 2.62. The zero-order valence-electron chi connectivity index (χ0n) is 10.9. The van der Waals surface area contributed by atoms with Gasteiger partial charge in [-0.2, -0.15) is 4.98 Å². The van der Waals surface area contributed by atoms with Crippen LogP contribution in [0.1, 0.15) is 11.8 Å². The quantitative estimate of drug-likeness (QED) is 0.738. The van der Waals surface area contributed by atoms with Gasteiger partial charge in [0.2, 0.25) is 5.95 Å². The average Bonchev–Trinajstić information content (AvgIpc) is 2.84. The summed E-state index contributed by atoms with van der Waals surface area (Å²) in [5.74, 6) is 1.05. The van der Waals surface area contributed by atoms with E-state index in [0.29, 0.717) is 5.95 Å². The molecule has 102 valence electrons. The summed E-state index contributed by atoms with van der Waals surface area (Å²) in [6.07, 6.45) is 0.985. The van der Waals surface area contributed by atoms with E-state index < -0.39 is 0 Å². The summed E-state index contributed by atoms with van der Waals surface area (Å²) in [4.78, 5) is 10.8. The summed E-state index contributed by atoms with van der Waals surface area (Å²) in [6.45, 7) is 2.13. The van der Waals surface area contributed by atoms with Gasteiger partial charge in [-0.3, -0.25) is 0 Å². The average molecular weight is 349 g/mol. The van der Waals surface area contributed by atoms with E-state index >= 15 is 0 Å². The molecule has 0 amide bonds. The minimum absolute atomic E-state index is 0.293. The van der Waals surface area contributed by atoms with E-state index in [1.807, 2.05) is 24.3 Å². The third-order valence-electron chi connectivity index (χ3n) is 2.92. The summed E-state index contributed by atoms with van der Waals surface area (Å²) < 4.78 is 1.04. The molecule has 0 bridgehead atoms. The molecule has 1 aromatic carbocycles. The molecule has 0 radical (unpaired) electrons. The zero-order chi connectivity index (χ0) is 14.1. The van der Waals surface area contributed by atoms with Crippen LogP contribution in [0.25, 0.3) is 10.2 Å². The lowest BCUT2D eigenvalue weighted by molar-refractivity contribution is 1.19. The van der Waals surface area contributed by atoms with Crippen molar-refractivity contribution in [1.29, 1.82) is 0 Å². The van der Waals surface area contributed by atoms with Gasteiger partial charge in [-0.15, -0.1) is 11.3 Å². The van der Waals surface area contributed by atoms with Gasteiger partial charge in [-0.1, -0.05) is 22.9 Å². The largest absolute Gasteiger partial charge is 0.368 e. The number of nitrogens with one attached hydrogen (secondary N) is 1. The number of benzene rings is 1. The lowest BCUT2D eigenvalue weighted by Gasteiger charge is -2.07. The van der Waals surface area contributed by atoms with Crippen molar-refractivity contribution in [3.8, 4) is 0 Å². The second-order valence-corrected chi connectivity index (χ2v) is 6.38. The fraction of sp³-hybridized carbons (Fsp3) is 0.143. The molecule has 0 saturated heterocycles. The summed E-state index contributed by atoms with van der Waals surface area (Å²) >= 11 is 5.08. The van der Waals surface area contributed by atoms with E-state index in [1.165, 1.54) is 4.88 Å². The minimum Gasteiger partial charge on any atom is -0.368 e. The molecule has 0 unspecified atom stereocenters. The Kier molecular flexibility index (Phi) is 3.58. The van der Waals surface area contributed by atoms with Gasteiger partial charge in [0, 0.05) is 15.0 Å². The monoisotopic (exact) mass is 348 g/mol. The number of aryl methyl sites for hydroxylation is 1. The smallest absolute Gasteiger partial charge is 0.223 e. The summed E-state index contributed by atoms with van der Waals surface area (Å²) in [6, 6.07) is 10.1. The number of rotatable bonds is 3. The maximum absolute atomic E-state index is 5.79. The van der Waals surface area contributed by atoms with Crippen molar-refractivity contribution in [3.05, 3.63) is 39.7 Å². The molecule has 0 aliphatic rings. The van der Waals surface area contributed by atoms with Crippen molar-refractivity contribution in [2.24, 2.45) is 0 Å². The Balaban J connectivity index is 2.05. The van der Waals surface area contributed by atoms with Gasteiger partial charge in [0.1, 0.15) is 10.6 Å². The molecule has 3 N–H and O–H groups in total. The topological polar surface area (TPSA) is 63.8 Å². The van der Waals surface area contributed by atoms with E-state index in [-0.39, 0.29) is 0 Å². The molecule has 2 aromatic heterocycles. The molecule has 3 rings (SSSR count). The first-order valence-corrected chi connectivity index (χ1v) is 7.85. The molecular formula is C14H13BrN4S. The van der Waals surface area contributed by atoms with Crippen LogP contribution in [-0.4, -0.2) is 9.97 Å². The maximum Gasteiger partial charge on any atom is 0.223 e. The molecular weight excluding hydrogens is 336 g/mol. The van der Waals surface area contributed by atoms with Crippen LogP contribution >= 0.6 is 27.3 Å². The van der Waals surface area contributed by atoms with Gasteiger partial charge >= 0.3 is 0 Å². The van der Waals surface area contributed by atoms with E-state index in [1.54, 1.807) is 11.3 Å². The summed E-state index contributed by atoms with van der Waals surface area (Å²) in [5.41, 5.74) is 6.76. The molecule has 0 saturated carbocycles. The molecule has 0 spiro atoms. The first-order valence-electron chi connectivity index (χ1n) is 6.24. The second kappa shape index (κ2) is 5.38. The van der Waals surface area contributed by atoms with Gasteiger partial charge < -0.3 is 11.1 Å².